The summed E-state index contributed by atoms with van der Waals surface area (Å²) in [7, 11) is 1.35. The van der Waals surface area contributed by atoms with E-state index in [1.807, 2.05) is 0 Å². The van der Waals surface area contributed by atoms with Crippen molar-refractivity contribution in [2.24, 2.45) is 11.1 Å². The number of rotatable bonds is 1. The van der Waals surface area contributed by atoms with E-state index in [0.717, 1.165) is 19.3 Å². The molecular weight excluding hydrogens is 158 g/mol. The molecule has 0 saturated heterocycles. The average molecular weight is 171 g/mol. The Balaban J connectivity index is 2.65. The number of nitrogens with zero attached hydrogens (tertiary/aromatic N) is 1. The maximum Gasteiger partial charge on any atom is 0.314 e. The van der Waals surface area contributed by atoms with Gasteiger partial charge in [-0.15, -0.1) is 0 Å². The summed E-state index contributed by atoms with van der Waals surface area (Å²) in [6.45, 7) is 0. The first-order chi connectivity index (χ1) is 5.79. The molecule has 0 amide bonds. The van der Waals surface area contributed by atoms with Crippen molar-refractivity contribution in [1.29, 1.82) is 0 Å². The number of ether oxygens (including phenoxy) is 1. The van der Waals surface area contributed by atoms with E-state index in [1.165, 1.54) is 7.11 Å². The smallest absolute Gasteiger partial charge is 0.314 e. The Kier molecular flexibility index (Phi) is 3.08. The second-order valence-electron chi connectivity index (χ2n) is 2.91. The Morgan fingerprint density at radius 1 is 1.67 bits per heavy atom. The largest absolute Gasteiger partial charge is 0.469 e. The molecule has 12 heavy (non-hydrogen) atoms. The van der Waals surface area contributed by atoms with Crippen molar-refractivity contribution in [3.63, 3.8) is 0 Å². The normalized spacial score (nSPS) is 27.1. The van der Waals surface area contributed by atoms with E-state index in [1.54, 1.807) is 0 Å². The van der Waals surface area contributed by atoms with E-state index in [2.05, 4.69) is 9.89 Å². The van der Waals surface area contributed by atoms with E-state index in [-0.39, 0.29) is 11.9 Å². The van der Waals surface area contributed by atoms with Gasteiger partial charge in [-0.25, -0.2) is 0 Å². The molecule has 1 fully saturated rings. The highest BCUT2D eigenvalue weighted by Gasteiger charge is 2.28. The van der Waals surface area contributed by atoms with Crippen molar-refractivity contribution in [3.8, 4) is 0 Å². The first-order valence-electron chi connectivity index (χ1n) is 4.08. The van der Waals surface area contributed by atoms with Crippen LogP contribution in [0.2, 0.25) is 0 Å². The van der Waals surface area contributed by atoms with Crippen molar-refractivity contribution in [1.82, 2.24) is 0 Å². The summed E-state index contributed by atoms with van der Waals surface area (Å²) >= 11 is 0. The molecule has 1 aliphatic rings. The number of carbonyl (C=O) groups is 1. The molecule has 4 nitrogen and oxygen atoms in total. The molecule has 0 aliphatic heterocycles. The topological polar surface area (TPSA) is 58.9 Å². The Hall–Kier alpha value is -1.06. The van der Waals surface area contributed by atoms with Crippen LogP contribution in [0, 0.1) is 5.92 Å². The lowest BCUT2D eigenvalue weighted by Crippen LogP contribution is -2.28. The maximum atomic E-state index is 11.1. The lowest BCUT2D eigenvalue weighted by molar-refractivity contribution is -0.143. The summed E-state index contributed by atoms with van der Waals surface area (Å²) in [5, 5.41) is 11.7. The van der Waals surface area contributed by atoms with Gasteiger partial charge in [0.05, 0.1) is 18.7 Å². The van der Waals surface area contributed by atoms with Crippen LogP contribution in [0.4, 0.5) is 0 Å². The van der Waals surface area contributed by atoms with Crippen molar-refractivity contribution in [3.05, 3.63) is 0 Å². The summed E-state index contributed by atoms with van der Waals surface area (Å²) in [6.07, 6.45) is 3.44. The summed E-state index contributed by atoms with van der Waals surface area (Å²) < 4.78 is 4.59. The molecule has 1 atom stereocenters. The van der Waals surface area contributed by atoms with Gasteiger partial charge in [0.15, 0.2) is 0 Å². The van der Waals surface area contributed by atoms with E-state index in [9.17, 15) is 4.79 Å². The SMILES string of the molecule is COC(=O)C1CCCCC1=NO. The zero-order chi connectivity index (χ0) is 8.97. The van der Waals surface area contributed by atoms with Gasteiger partial charge in [0.1, 0.15) is 0 Å². The average Bonchev–Trinajstić information content (AvgIpc) is 2.16. The van der Waals surface area contributed by atoms with Crippen molar-refractivity contribution in [2.75, 3.05) is 7.11 Å². The predicted octanol–water partition coefficient (Wildman–Crippen LogP) is 1.18. The lowest BCUT2D eigenvalue weighted by atomic mass is 9.87. The molecule has 4 heteroatoms. The van der Waals surface area contributed by atoms with Crippen LogP contribution in [0.3, 0.4) is 0 Å². The van der Waals surface area contributed by atoms with Crippen LogP contribution in [0.25, 0.3) is 0 Å². The molecule has 0 spiro atoms. The van der Waals surface area contributed by atoms with Gasteiger partial charge >= 0.3 is 5.97 Å². The number of esters is 1. The van der Waals surface area contributed by atoms with Gasteiger partial charge in [-0.2, -0.15) is 0 Å². The molecule has 0 aromatic heterocycles. The second kappa shape index (κ2) is 4.09. The first-order valence-corrected chi connectivity index (χ1v) is 4.08. The summed E-state index contributed by atoms with van der Waals surface area (Å²) in [4.78, 5) is 11.1. The van der Waals surface area contributed by atoms with Crippen LogP contribution >= 0.6 is 0 Å². The molecule has 1 N–H and O–H groups in total. The van der Waals surface area contributed by atoms with Gasteiger partial charge in [0.2, 0.25) is 0 Å². The van der Waals surface area contributed by atoms with Crippen molar-refractivity contribution < 1.29 is 14.7 Å². The zero-order valence-electron chi connectivity index (χ0n) is 7.12. The second-order valence-corrected chi connectivity index (χ2v) is 2.91. The molecule has 1 unspecified atom stereocenters. The predicted molar refractivity (Wildman–Crippen MR) is 43.2 cm³/mol. The van der Waals surface area contributed by atoms with Gasteiger partial charge in [-0.3, -0.25) is 4.79 Å². The third kappa shape index (κ3) is 1.75. The first kappa shape index (κ1) is 9.03. The fourth-order valence-electron chi connectivity index (χ4n) is 1.51. The minimum absolute atomic E-state index is 0.289. The molecule has 0 aromatic carbocycles. The third-order valence-electron chi connectivity index (χ3n) is 2.19. The van der Waals surface area contributed by atoms with Gasteiger partial charge in [-0.05, 0) is 19.3 Å². The van der Waals surface area contributed by atoms with Crippen LogP contribution in [0.1, 0.15) is 25.7 Å². The molecule has 0 heterocycles. The lowest BCUT2D eigenvalue weighted by Gasteiger charge is -2.20. The van der Waals surface area contributed by atoms with Crippen LogP contribution < -0.4 is 0 Å². The third-order valence-corrected chi connectivity index (χ3v) is 2.19. The molecule has 1 saturated carbocycles. The van der Waals surface area contributed by atoms with Gasteiger partial charge < -0.3 is 9.94 Å². The van der Waals surface area contributed by atoms with E-state index in [0.29, 0.717) is 12.1 Å². The Morgan fingerprint density at radius 3 is 3.00 bits per heavy atom. The van der Waals surface area contributed by atoms with Crippen molar-refractivity contribution >= 4 is 11.7 Å². The van der Waals surface area contributed by atoms with Crippen LogP contribution in [0.5, 0.6) is 0 Å². The van der Waals surface area contributed by atoms with Crippen molar-refractivity contribution in [2.45, 2.75) is 25.7 Å². The minimum Gasteiger partial charge on any atom is -0.469 e. The molecule has 0 aromatic rings. The summed E-state index contributed by atoms with van der Waals surface area (Å²) in [5.74, 6) is -0.601. The van der Waals surface area contributed by atoms with Crippen LogP contribution in [0.15, 0.2) is 5.16 Å². The number of methoxy groups -OCH3 is 1. The number of hydrogen-bond acceptors (Lipinski definition) is 4. The Bertz CT molecular complexity index is 200. The summed E-state index contributed by atoms with van der Waals surface area (Å²) in [5.41, 5.74) is 0.563. The maximum absolute atomic E-state index is 11.1. The molecular formula is C8H13NO3. The van der Waals surface area contributed by atoms with Gasteiger partial charge in [0.25, 0.3) is 0 Å². The number of hydrogen-bond donors (Lipinski definition) is 1. The van der Waals surface area contributed by atoms with E-state index in [4.69, 9.17) is 5.21 Å². The highest BCUT2D eigenvalue weighted by Crippen LogP contribution is 2.22. The fourth-order valence-corrected chi connectivity index (χ4v) is 1.51. The van der Waals surface area contributed by atoms with Crippen LogP contribution in [-0.4, -0.2) is 24.0 Å². The van der Waals surface area contributed by atoms with Gasteiger partial charge in [0, 0.05) is 0 Å². The summed E-state index contributed by atoms with van der Waals surface area (Å²) in [6, 6.07) is 0. The van der Waals surface area contributed by atoms with Crippen LogP contribution in [-0.2, 0) is 9.53 Å². The quantitative estimate of drug-likeness (QED) is 0.366. The highest BCUT2D eigenvalue weighted by molar-refractivity contribution is 6.02. The molecule has 0 radical (unpaired) electrons. The highest BCUT2D eigenvalue weighted by atomic mass is 16.5. The Labute approximate surface area is 71.2 Å². The molecule has 68 valence electrons. The minimum atomic E-state index is -0.311. The number of carbonyl (C=O) groups excluding carboxylic acids is 1. The zero-order valence-corrected chi connectivity index (χ0v) is 7.12. The van der Waals surface area contributed by atoms with Gasteiger partial charge in [-0.1, -0.05) is 11.6 Å². The Morgan fingerprint density at radius 2 is 2.42 bits per heavy atom. The molecule has 1 aliphatic carbocycles. The number of oxime groups is 1. The fraction of sp³-hybridized carbons (Fsp3) is 0.750. The van der Waals surface area contributed by atoms with E-state index >= 15 is 0 Å². The van der Waals surface area contributed by atoms with E-state index < -0.39 is 0 Å². The monoisotopic (exact) mass is 171 g/mol. The standard InChI is InChI=1S/C8H13NO3/c1-12-8(10)6-4-2-3-5-7(6)9-11/h6,11H,2-5H2,1H3. The molecule has 1 rings (SSSR count). The molecule has 0 bridgehead atoms.